The van der Waals surface area contributed by atoms with Gasteiger partial charge in [-0.25, -0.2) is 39.9 Å². The smallest absolute Gasteiger partial charge is 0.280 e. The van der Waals surface area contributed by atoms with Gasteiger partial charge < -0.3 is 82.6 Å². The number of hydrogen-bond acceptors (Lipinski definition) is 28. The fraction of sp³-hybridized carbons (Fsp3) is 0.619. The van der Waals surface area contributed by atoms with Crippen LogP contribution in [0.15, 0.2) is 49.1 Å². The minimum atomic E-state index is -0.510. The number of fused-ring (bicyclic) bond motifs is 8. The van der Waals surface area contributed by atoms with Crippen LogP contribution in [0.1, 0.15) is 350 Å². The van der Waals surface area contributed by atoms with Gasteiger partial charge in [-0.3, -0.25) is 38.4 Å². The second kappa shape index (κ2) is 41.6. The molecule has 0 radical (unpaired) electrons. The van der Waals surface area contributed by atoms with Crippen molar-refractivity contribution >= 4 is 116 Å². The van der Waals surface area contributed by atoms with E-state index in [2.05, 4.69) is 117 Å². The first-order chi connectivity index (χ1) is 67.9. The molecule has 0 unspecified atom stereocenters. The third kappa shape index (κ3) is 21.4. The molecule has 8 bridgehead atoms. The molecule has 7 saturated carbocycles. The van der Waals surface area contributed by atoms with E-state index in [1.54, 1.807) is 12.4 Å². The Balaban J connectivity index is 0.000000115. The van der Waals surface area contributed by atoms with Crippen LogP contribution in [-0.2, 0) is 0 Å². The van der Waals surface area contributed by atoms with Crippen LogP contribution in [0, 0.1) is 45.4 Å². The van der Waals surface area contributed by atoms with E-state index >= 15 is 0 Å². The van der Waals surface area contributed by atoms with Crippen molar-refractivity contribution in [2.75, 3.05) is 21.3 Å². The first-order valence-electron chi connectivity index (χ1n) is 52.2. The van der Waals surface area contributed by atoms with Crippen molar-refractivity contribution in [3.63, 3.8) is 0 Å². The van der Waals surface area contributed by atoms with Crippen LogP contribution in [0.4, 0.5) is 23.3 Å². The number of thiazole rings is 4. The van der Waals surface area contributed by atoms with Crippen molar-refractivity contribution in [3.05, 3.63) is 114 Å². The highest BCUT2D eigenvalue weighted by molar-refractivity contribution is 7.18. The van der Waals surface area contributed by atoms with Crippen molar-refractivity contribution in [1.82, 2.24) is 80.7 Å². The molecule has 0 spiro atoms. The predicted molar refractivity (Wildman–Crippen MR) is 545 cm³/mol. The Hall–Kier alpha value is -10.1. The van der Waals surface area contributed by atoms with Crippen LogP contribution in [0.5, 0.6) is 0 Å². The Morgan fingerprint density at radius 1 is 0.305 bits per heavy atom. The van der Waals surface area contributed by atoms with Gasteiger partial charge in [-0.05, 0) is 338 Å². The SMILES string of the molecule is Cc1cc(NC(C)C)ncc1-c1sc(C(=O)N[C@@H]2CC[C@@H](O)C2)nc1C(=O)N1C2CCC1CC2.Cc1cc(N[C@H](C)C2CC2)ncc1-c1sc(C(=O)N[C@@H]2CC[C@@H](O)C2)nc1C(=O)N1C2CCC1CC2.Cc1cc(N[C@H](C)C2CC2)ncc1-c1sc(C(=O)N[C@@H]2CC[C@H]2O)nc1C(=O)N1C2CCC1CC2.Cc1cc(N[C@H](C)C2CC2)ncc1-c1sc(C(=O)N[C@H]2CC[C@H](O)C2)nc1C(=O)N1C2CCC1CC2. The second-order valence-electron chi connectivity index (χ2n) is 43.3. The molecule has 8 amide bonds. The molecule has 15 aliphatic rings. The zero-order valence-electron chi connectivity index (χ0n) is 82.3. The Bertz CT molecular complexity index is 5790. The van der Waals surface area contributed by atoms with E-state index < -0.39 is 6.10 Å². The van der Waals surface area contributed by atoms with Crippen LogP contribution in [-0.4, -0.2) is 248 Å². The number of anilines is 4. The fourth-order valence-corrected chi connectivity index (χ4v) is 28.1. The zero-order valence-corrected chi connectivity index (χ0v) is 85.6. The molecule has 8 aromatic heterocycles. The lowest BCUT2D eigenvalue weighted by molar-refractivity contribution is 0.0447. The molecule has 8 saturated heterocycles. The van der Waals surface area contributed by atoms with Gasteiger partial charge in [0.2, 0.25) is 0 Å². The van der Waals surface area contributed by atoms with Gasteiger partial charge in [-0.2, -0.15) is 0 Å². The number of aliphatic hydroxyl groups excluding tert-OH is 4. The highest BCUT2D eigenvalue weighted by Crippen LogP contribution is 2.49. The summed E-state index contributed by atoms with van der Waals surface area (Å²) in [6.07, 6.45) is 37.4. The van der Waals surface area contributed by atoms with Crippen LogP contribution in [0.2, 0.25) is 0 Å². The van der Waals surface area contributed by atoms with Crippen molar-refractivity contribution in [2.45, 2.75) is 395 Å². The Labute approximate surface area is 840 Å². The summed E-state index contributed by atoms with van der Waals surface area (Å²) in [5, 5.41) is 66.3. The van der Waals surface area contributed by atoms with E-state index in [0.29, 0.717) is 112 Å². The van der Waals surface area contributed by atoms with Crippen molar-refractivity contribution in [2.24, 2.45) is 17.8 Å². The Morgan fingerprint density at radius 3 is 0.730 bits per heavy atom. The van der Waals surface area contributed by atoms with Gasteiger partial charge in [0.1, 0.15) is 46.0 Å². The fourth-order valence-electron chi connectivity index (χ4n) is 24.0. The number of aryl methyl sites for hydroxylation is 4. The molecule has 11 atom stereocenters. The molecule has 36 heteroatoms. The summed E-state index contributed by atoms with van der Waals surface area (Å²) < 4.78 is 0. The number of nitrogens with one attached hydrogen (secondary N) is 8. The maximum Gasteiger partial charge on any atom is 0.280 e. The predicted octanol–water partition coefficient (Wildman–Crippen LogP) is 15.8. The number of rotatable bonds is 27. The number of aliphatic hydroxyl groups is 4. The molecule has 752 valence electrons. The summed E-state index contributed by atoms with van der Waals surface area (Å²) in [6, 6.07) is 11.3. The number of amides is 8. The number of pyridine rings is 4. The lowest BCUT2D eigenvalue weighted by atomic mass is 9.89. The average molecular weight is 2000 g/mol. The largest absolute Gasteiger partial charge is 0.393 e. The van der Waals surface area contributed by atoms with Crippen molar-refractivity contribution in [1.29, 1.82) is 0 Å². The van der Waals surface area contributed by atoms with E-state index in [0.717, 1.165) is 218 Å². The summed E-state index contributed by atoms with van der Waals surface area (Å²) in [6.45, 7) is 18.8. The lowest BCUT2D eigenvalue weighted by Crippen LogP contribution is -2.50. The molecule has 23 rings (SSSR count). The van der Waals surface area contributed by atoms with Crippen molar-refractivity contribution in [3.8, 4) is 41.8 Å². The number of carbonyl (C=O) groups is 8. The maximum atomic E-state index is 13.8. The number of nitrogens with zero attached hydrogens (tertiary/aromatic N) is 12. The molecular weight excluding hydrogens is 1860 g/mol. The van der Waals surface area contributed by atoms with Crippen molar-refractivity contribution < 1.29 is 58.8 Å². The zero-order chi connectivity index (χ0) is 98.2. The molecule has 7 aliphatic carbocycles. The maximum absolute atomic E-state index is 13.8. The number of carbonyl (C=O) groups excluding carboxylic acids is 8. The summed E-state index contributed by atoms with van der Waals surface area (Å²) >= 11 is 5.04. The minimum absolute atomic E-state index is 0.0596. The van der Waals surface area contributed by atoms with Gasteiger partial charge in [0, 0.05) is 138 Å². The van der Waals surface area contributed by atoms with Crippen LogP contribution in [0.25, 0.3) is 41.8 Å². The van der Waals surface area contributed by atoms with Gasteiger partial charge in [0.25, 0.3) is 47.3 Å². The highest BCUT2D eigenvalue weighted by Gasteiger charge is 2.50. The van der Waals surface area contributed by atoms with E-state index in [9.17, 15) is 58.8 Å². The molecule has 16 heterocycles. The van der Waals surface area contributed by atoms with Crippen LogP contribution < -0.4 is 42.5 Å². The molecule has 141 heavy (non-hydrogen) atoms. The second-order valence-corrected chi connectivity index (χ2v) is 47.3. The Morgan fingerprint density at radius 2 is 0.539 bits per heavy atom. The standard InChI is InChI=1S/2C27H35N5O3S.C26H33N5O3S.C25H33N5O3S/c2*1-14-11-22(29-15(2)16-3-4-16)28-13-21(14)24-23(27(35)32-18-6-7-19(32)9-8-18)31-26(36-24)25(34)30-17-5-10-20(33)12-17;1-13-11-21(28-14(2)15-3-4-15)27-12-18(13)23-22(26(34)31-16-5-6-17(31)8-7-16)30-25(35-23)24(33)29-19-9-10-20(19)32;1-13(2)27-20-10-14(3)19(12-26-20)22-21(25(33)30-16-5-6-17(30)8-7-16)29-24(34-22)23(32)28-15-4-9-18(31)11-15/h2*11,13,15-20,33H,3-10,12H2,1-2H3,(H,28,29)(H,30,34);11-12,14-17,19-20,32H,3-10H2,1-2H3,(H,27,28)(H,29,33);10,12-13,15-18,31H,4-9,11H2,1-3H3,(H,26,27)(H,28,32)/t15-,17+,18?,19?,20+;15-,17-,18?,19?,20-;14-,16?,17?,19-,20-;15-,16?,17?,18-/m1111/s1. The summed E-state index contributed by atoms with van der Waals surface area (Å²) in [5.41, 5.74) is 8.79. The number of aromatic nitrogens is 8. The number of hydrogen-bond donors (Lipinski definition) is 12. The van der Waals surface area contributed by atoms with Crippen LogP contribution >= 0.6 is 45.3 Å². The third-order valence-corrected chi connectivity index (χ3v) is 36.9. The van der Waals surface area contributed by atoms with Gasteiger partial charge in [-0.1, -0.05) is 0 Å². The summed E-state index contributed by atoms with van der Waals surface area (Å²) in [7, 11) is 0. The minimum Gasteiger partial charge on any atom is -0.393 e. The van der Waals surface area contributed by atoms with Crippen LogP contribution in [0.3, 0.4) is 0 Å². The van der Waals surface area contributed by atoms with Gasteiger partial charge in [0.05, 0.1) is 50.0 Å². The first-order valence-corrected chi connectivity index (χ1v) is 55.4. The summed E-state index contributed by atoms with van der Waals surface area (Å²) in [4.78, 5) is 155. The van der Waals surface area contributed by atoms with E-state index in [4.69, 9.17) is 0 Å². The normalized spacial score (nSPS) is 27.4. The topological polar surface area (TPSA) is 430 Å². The first kappa shape index (κ1) is 98.3. The quantitative estimate of drug-likeness (QED) is 0.0227. The van der Waals surface area contributed by atoms with E-state index in [1.807, 2.05) is 84.0 Å². The average Bonchev–Trinajstić information content (AvgIpc) is 1.62. The molecule has 0 aromatic carbocycles. The molecular formula is C105H136N20O12S4. The monoisotopic (exact) mass is 2000 g/mol. The highest BCUT2D eigenvalue weighted by atomic mass is 32.1. The van der Waals surface area contributed by atoms with Gasteiger partial charge >= 0.3 is 0 Å². The van der Waals surface area contributed by atoms with Gasteiger partial charge in [0.15, 0.2) is 20.0 Å². The van der Waals surface area contributed by atoms with E-state index in [1.165, 1.54) is 83.9 Å². The van der Waals surface area contributed by atoms with Gasteiger partial charge in [-0.15, -0.1) is 45.3 Å². The molecule has 32 nitrogen and oxygen atoms in total. The molecule has 12 N–H and O–H groups in total. The Kier molecular flexibility index (Phi) is 29.0. The molecule has 8 aromatic rings. The lowest BCUT2D eigenvalue weighted by Gasteiger charge is -2.32. The third-order valence-electron chi connectivity index (χ3n) is 32.6. The molecule has 15 fully saturated rings. The summed E-state index contributed by atoms with van der Waals surface area (Å²) in [5.74, 6) is 4.01. The van der Waals surface area contributed by atoms with E-state index in [-0.39, 0.29) is 154 Å². The molecule has 8 aliphatic heterocycles.